The Morgan fingerprint density at radius 3 is 2.25 bits per heavy atom. The average molecular weight is 318 g/mol. The van der Waals surface area contributed by atoms with Crippen molar-refractivity contribution >= 4 is 12.0 Å². The van der Waals surface area contributed by atoms with Crippen LogP contribution in [0, 0.1) is 32.1 Å². The third-order valence-electron chi connectivity index (χ3n) is 4.04. The van der Waals surface area contributed by atoms with Gasteiger partial charge in [-0.05, 0) is 56.0 Å². The van der Waals surface area contributed by atoms with E-state index in [4.69, 9.17) is 0 Å². The minimum atomic E-state index is -0.353. The number of benzene rings is 2. The quantitative estimate of drug-likeness (QED) is 0.671. The van der Waals surface area contributed by atoms with Gasteiger partial charge in [0.2, 0.25) is 0 Å². The van der Waals surface area contributed by atoms with Gasteiger partial charge in [-0.3, -0.25) is 4.79 Å². The van der Waals surface area contributed by atoms with Crippen LogP contribution < -0.4 is 5.32 Å². The number of hydrogen-bond acceptors (Lipinski definition) is 2. The van der Waals surface area contributed by atoms with Gasteiger partial charge in [-0.1, -0.05) is 48.0 Å². The molecule has 2 aromatic carbocycles. The Labute approximate surface area is 143 Å². The van der Waals surface area contributed by atoms with Crippen molar-refractivity contribution < 1.29 is 4.79 Å². The second-order valence-corrected chi connectivity index (χ2v) is 6.09. The fraction of sp³-hybridized carbons (Fsp3) is 0.238. The first kappa shape index (κ1) is 17.5. The number of nitrogens with one attached hydrogen (secondary N) is 1. The molecule has 0 saturated carbocycles. The van der Waals surface area contributed by atoms with Crippen LogP contribution in [0.2, 0.25) is 0 Å². The Morgan fingerprint density at radius 2 is 1.71 bits per heavy atom. The van der Waals surface area contributed by atoms with Crippen LogP contribution in [0.3, 0.4) is 0 Å². The maximum Gasteiger partial charge on any atom is 0.262 e. The number of nitrogens with zero attached hydrogens (tertiary/aromatic N) is 1. The van der Waals surface area contributed by atoms with E-state index < -0.39 is 0 Å². The van der Waals surface area contributed by atoms with Crippen LogP contribution in [0.15, 0.2) is 48.0 Å². The van der Waals surface area contributed by atoms with Crippen molar-refractivity contribution in [3.8, 4) is 6.07 Å². The molecule has 0 bridgehead atoms. The summed E-state index contributed by atoms with van der Waals surface area (Å²) in [5.74, 6) is -0.353. The maximum atomic E-state index is 12.5. The third-order valence-corrected chi connectivity index (χ3v) is 4.04. The summed E-state index contributed by atoms with van der Waals surface area (Å²) in [5.41, 5.74) is 5.34. The first-order valence-electron chi connectivity index (χ1n) is 7.98. The smallest absolute Gasteiger partial charge is 0.262 e. The summed E-state index contributed by atoms with van der Waals surface area (Å²) in [4.78, 5) is 12.5. The van der Waals surface area contributed by atoms with Gasteiger partial charge in [0.05, 0.1) is 6.04 Å². The molecule has 0 aliphatic carbocycles. The molecule has 2 rings (SSSR count). The zero-order valence-electron chi connectivity index (χ0n) is 14.6. The summed E-state index contributed by atoms with van der Waals surface area (Å²) in [7, 11) is 0. The van der Waals surface area contributed by atoms with E-state index in [1.54, 1.807) is 6.08 Å². The average Bonchev–Trinajstić information content (AvgIpc) is 2.54. The second kappa shape index (κ2) is 7.61. The van der Waals surface area contributed by atoms with Gasteiger partial charge in [-0.2, -0.15) is 5.26 Å². The van der Waals surface area contributed by atoms with Crippen molar-refractivity contribution in [2.24, 2.45) is 0 Å². The Hall–Kier alpha value is -2.86. The van der Waals surface area contributed by atoms with E-state index in [0.29, 0.717) is 0 Å². The van der Waals surface area contributed by atoms with E-state index in [0.717, 1.165) is 22.3 Å². The Kier molecular flexibility index (Phi) is 5.55. The fourth-order valence-electron chi connectivity index (χ4n) is 2.81. The number of aryl methyl sites for hydroxylation is 3. The van der Waals surface area contributed by atoms with Gasteiger partial charge in [0.25, 0.3) is 5.91 Å². The number of amides is 1. The van der Waals surface area contributed by atoms with Gasteiger partial charge in [0.15, 0.2) is 0 Å². The van der Waals surface area contributed by atoms with Crippen molar-refractivity contribution in [3.05, 3.63) is 75.9 Å². The van der Waals surface area contributed by atoms with Crippen LogP contribution in [-0.2, 0) is 4.79 Å². The van der Waals surface area contributed by atoms with Crippen LogP contribution >= 0.6 is 0 Å². The lowest BCUT2D eigenvalue weighted by atomic mass is 9.97. The van der Waals surface area contributed by atoms with Gasteiger partial charge in [0, 0.05) is 0 Å². The van der Waals surface area contributed by atoms with E-state index in [1.165, 1.54) is 5.56 Å². The van der Waals surface area contributed by atoms with E-state index in [-0.39, 0.29) is 17.5 Å². The van der Waals surface area contributed by atoms with Crippen LogP contribution in [-0.4, -0.2) is 5.91 Å². The number of carbonyl (C=O) groups is 1. The third kappa shape index (κ3) is 4.11. The molecule has 0 fully saturated rings. The molecule has 122 valence electrons. The highest BCUT2D eigenvalue weighted by atomic mass is 16.1. The van der Waals surface area contributed by atoms with Crippen LogP contribution in [0.25, 0.3) is 6.08 Å². The highest BCUT2D eigenvalue weighted by Crippen LogP contribution is 2.20. The molecule has 1 amide bonds. The van der Waals surface area contributed by atoms with E-state index in [9.17, 15) is 10.1 Å². The summed E-state index contributed by atoms with van der Waals surface area (Å²) in [6.45, 7) is 7.92. The molecule has 0 spiro atoms. The first-order chi connectivity index (χ1) is 11.4. The number of carbonyl (C=O) groups excluding carboxylic acids is 1. The summed E-state index contributed by atoms with van der Waals surface area (Å²) in [5, 5.41) is 12.3. The Balaban J connectivity index is 2.25. The Morgan fingerprint density at radius 1 is 1.12 bits per heavy atom. The maximum absolute atomic E-state index is 12.5. The van der Waals surface area contributed by atoms with E-state index in [1.807, 2.05) is 64.1 Å². The zero-order chi connectivity index (χ0) is 17.7. The standard InChI is InChI=1S/C21H22N2O/c1-14-10-15(2)20(16(3)11-14)12-19(13-22)21(24)23-17(4)18-8-6-5-7-9-18/h5-12,17H,1-4H3,(H,23,24)/b19-12+/t17-/m1/s1. The monoisotopic (exact) mass is 318 g/mol. The zero-order valence-corrected chi connectivity index (χ0v) is 14.6. The fourth-order valence-corrected chi connectivity index (χ4v) is 2.81. The lowest BCUT2D eigenvalue weighted by molar-refractivity contribution is -0.117. The minimum absolute atomic E-state index is 0.118. The van der Waals surface area contributed by atoms with Gasteiger partial charge < -0.3 is 5.32 Å². The van der Waals surface area contributed by atoms with Crippen LogP contribution in [0.5, 0.6) is 0 Å². The summed E-state index contributed by atoms with van der Waals surface area (Å²) < 4.78 is 0. The van der Waals surface area contributed by atoms with Crippen molar-refractivity contribution in [2.45, 2.75) is 33.7 Å². The molecule has 24 heavy (non-hydrogen) atoms. The van der Waals surface area contributed by atoms with E-state index >= 15 is 0 Å². The topological polar surface area (TPSA) is 52.9 Å². The molecule has 0 saturated heterocycles. The van der Waals surface area contributed by atoms with Crippen LogP contribution in [0.4, 0.5) is 0 Å². The summed E-state index contributed by atoms with van der Waals surface area (Å²) in [6.07, 6.45) is 1.68. The second-order valence-electron chi connectivity index (χ2n) is 6.09. The van der Waals surface area contributed by atoms with Crippen molar-refractivity contribution in [2.75, 3.05) is 0 Å². The number of nitriles is 1. The predicted molar refractivity (Wildman–Crippen MR) is 97.2 cm³/mol. The normalized spacial score (nSPS) is 12.4. The lowest BCUT2D eigenvalue weighted by Gasteiger charge is -2.14. The molecule has 3 nitrogen and oxygen atoms in total. The highest BCUT2D eigenvalue weighted by Gasteiger charge is 2.14. The van der Waals surface area contributed by atoms with Crippen molar-refractivity contribution in [1.29, 1.82) is 5.26 Å². The molecule has 0 unspecified atom stereocenters. The number of hydrogen-bond donors (Lipinski definition) is 1. The molecule has 2 aromatic rings. The SMILES string of the molecule is Cc1cc(C)c(/C=C(\C#N)C(=O)N[C@H](C)c2ccccc2)c(C)c1. The number of rotatable bonds is 4. The molecule has 0 radical (unpaired) electrons. The molecule has 0 aliphatic heterocycles. The van der Waals surface area contributed by atoms with Gasteiger partial charge >= 0.3 is 0 Å². The summed E-state index contributed by atoms with van der Waals surface area (Å²) >= 11 is 0. The molecule has 1 N–H and O–H groups in total. The van der Waals surface area contributed by atoms with Crippen LogP contribution in [0.1, 0.15) is 40.8 Å². The molecule has 0 aliphatic rings. The van der Waals surface area contributed by atoms with Gasteiger partial charge in [-0.15, -0.1) is 0 Å². The molecule has 3 heteroatoms. The summed E-state index contributed by atoms with van der Waals surface area (Å²) in [6, 6.07) is 15.7. The highest BCUT2D eigenvalue weighted by molar-refractivity contribution is 6.02. The molecule has 0 aromatic heterocycles. The minimum Gasteiger partial charge on any atom is -0.345 e. The van der Waals surface area contributed by atoms with Gasteiger partial charge in [0.1, 0.15) is 11.6 Å². The van der Waals surface area contributed by atoms with Gasteiger partial charge in [-0.25, -0.2) is 0 Å². The molecule has 0 heterocycles. The van der Waals surface area contributed by atoms with Crippen molar-refractivity contribution in [1.82, 2.24) is 5.32 Å². The predicted octanol–water partition coefficient (Wildman–Crippen LogP) is 4.40. The van der Waals surface area contributed by atoms with E-state index in [2.05, 4.69) is 17.4 Å². The largest absolute Gasteiger partial charge is 0.345 e. The first-order valence-corrected chi connectivity index (χ1v) is 7.98. The van der Waals surface area contributed by atoms with Crippen molar-refractivity contribution in [3.63, 3.8) is 0 Å². The molecular weight excluding hydrogens is 296 g/mol. The molecule has 1 atom stereocenters. The lowest BCUT2D eigenvalue weighted by Crippen LogP contribution is -2.27. The Bertz CT molecular complexity index is 790. The molecular formula is C21H22N2O.